The van der Waals surface area contributed by atoms with Crippen molar-refractivity contribution in [2.24, 2.45) is 0 Å². The minimum absolute atomic E-state index is 0.0895. The highest BCUT2D eigenvalue weighted by molar-refractivity contribution is 5.97. The quantitative estimate of drug-likeness (QED) is 0.854. The Bertz CT molecular complexity index is 630. The van der Waals surface area contributed by atoms with E-state index in [1.165, 1.54) is 6.92 Å². The maximum absolute atomic E-state index is 11.7. The number of rotatable bonds is 4. The Morgan fingerprint density at radius 2 is 1.70 bits per heavy atom. The summed E-state index contributed by atoms with van der Waals surface area (Å²) in [6, 6.07) is 15.2. The summed E-state index contributed by atoms with van der Waals surface area (Å²) in [6.07, 6.45) is 0.505. The van der Waals surface area contributed by atoms with Gasteiger partial charge in [0.2, 0.25) is 5.91 Å². The molecular formula is C17H17NO2. The molecule has 20 heavy (non-hydrogen) atoms. The number of amides is 1. The molecule has 0 bridgehead atoms. The topological polar surface area (TPSA) is 46.2 Å². The molecular weight excluding hydrogens is 250 g/mol. The number of anilines is 1. The summed E-state index contributed by atoms with van der Waals surface area (Å²) in [5.41, 5.74) is 3.52. The first-order valence-electron chi connectivity index (χ1n) is 6.61. The van der Waals surface area contributed by atoms with Crippen LogP contribution in [0, 0.1) is 0 Å². The van der Waals surface area contributed by atoms with Crippen LogP contribution >= 0.6 is 0 Å². The lowest BCUT2D eigenvalue weighted by molar-refractivity contribution is -0.114. The molecule has 2 aromatic rings. The van der Waals surface area contributed by atoms with Crippen molar-refractivity contribution in [2.45, 2.75) is 20.3 Å². The fourth-order valence-corrected chi connectivity index (χ4v) is 2.03. The number of carbonyl (C=O) groups is 2. The Morgan fingerprint density at radius 1 is 1.00 bits per heavy atom. The number of hydrogen-bond acceptors (Lipinski definition) is 2. The lowest BCUT2D eigenvalue weighted by Gasteiger charge is -2.06. The van der Waals surface area contributed by atoms with E-state index >= 15 is 0 Å². The lowest BCUT2D eigenvalue weighted by Crippen LogP contribution is -2.05. The standard InChI is InChI=1S/C17H17NO2/c1-3-17(20)15-6-4-5-14(11-15)13-7-9-16(10-8-13)18-12(2)19/h4-11H,3H2,1-2H3,(H,18,19). The zero-order chi connectivity index (χ0) is 14.5. The fourth-order valence-electron chi connectivity index (χ4n) is 2.03. The van der Waals surface area contributed by atoms with E-state index in [-0.39, 0.29) is 11.7 Å². The van der Waals surface area contributed by atoms with Gasteiger partial charge in [-0.3, -0.25) is 9.59 Å². The molecule has 0 aromatic heterocycles. The summed E-state index contributed by atoms with van der Waals surface area (Å²) in [5.74, 6) is 0.0509. The third-order valence-corrected chi connectivity index (χ3v) is 3.04. The average Bonchev–Trinajstić information content (AvgIpc) is 2.47. The first-order valence-corrected chi connectivity index (χ1v) is 6.61. The highest BCUT2D eigenvalue weighted by Crippen LogP contribution is 2.23. The second kappa shape index (κ2) is 6.15. The summed E-state index contributed by atoms with van der Waals surface area (Å²) in [4.78, 5) is 22.7. The van der Waals surface area contributed by atoms with Gasteiger partial charge in [-0.25, -0.2) is 0 Å². The van der Waals surface area contributed by atoms with Crippen LogP contribution in [0.1, 0.15) is 30.6 Å². The van der Waals surface area contributed by atoms with Crippen LogP contribution in [0.25, 0.3) is 11.1 Å². The van der Waals surface area contributed by atoms with Crippen molar-refractivity contribution in [3.63, 3.8) is 0 Å². The molecule has 0 fully saturated rings. The van der Waals surface area contributed by atoms with Gasteiger partial charge in [-0.1, -0.05) is 37.3 Å². The van der Waals surface area contributed by atoms with Crippen LogP contribution in [0.4, 0.5) is 5.69 Å². The summed E-state index contributed by atoms with van der Waals surface area (Å²) in [5, 5.41) is 2.73. The molecule has 0 radical (unpaired) electrons. The molecule has 0 atom stereocenters. The van der Waals surface area contributed by atoms with Crippen molar-refractivity contribution in [1.82, 2.24) is 0 Å². The molecule has 0 saturated heterocycles. The van der Waals surface area contributed by atoms with Gasteiger partial charge in [0.1, 0.15) is 0 Å². The van der Waals surface area contributed by atoms with Crippen molar-refractivity contribution < 1.29 is 9.59 Å². The Hall–Kier alpha value is -2.42. The summed E-state index contributed by atoms with van der Waals surface area (Å²) < 4.78 is 0. The SMILES string of the molecule is CCC(=O)c1cccc(-c2ccc(NC(C)=O)cc2)c1. The molecule has 0 aliphatic carbocycles. The first kappa shape index (κ1) is 14.0. The maximum atomic E-state index is 11.7. The van der Waals surface area contributed by atoms with Crippen LogP contribution in [0.2, 0.25) is 0 Å². The minimum Gasteiger partial charge on any atom is -0.326 e. The zero-order valence-electron chi connectivity index (χ0n) is 11.6. The number of hydrogen-bond donors (Lipinski definition) is 1. The number of Topliss-reactive ketones (excluding diaryl/α,β-unsaturated/α-hetero) is 1. The van der Waals surface area contributed by atoms with Gasteiger partial charge in [-0.2, -0.15) is 0 Å². The second-order valence-electron chi connectivity index (χ2n) is 4.62. The monoisotopic (exact) mass is 267 g/mol. The Balaban J connectivity index is 2.27. The fraction of sp³-hybridized carbons (Fsp3) is 0.176. The molecule has 2 rings (SSSR count). The molecule has 0 aliphatic rings. The largest absolute Gasteiger partial charge is 0.326 e. The molecule has 0 unspecified atom stereocenters. The van der Waals surface area contributed by atoms with E-state index in [0.717, 1.165) is 22.4 Å². The predicted octanol–water partition coefficient (Wildman–Crippen LogP) is 3.90. The normalized spacial score (nSPS) is 10.1. The highest BCUT2D eigenvalue weighted by atomic mass is 16.1. The molecule has 3 nitrogen and oxygen atoms in total. The van der Waals surface area contributed by atoms with Gasteiger partial charge >= 0.3 is 0 Å². The molecule has 0 aliphatic heterocycles. The van der Waals surface area contributed by atoms with Crippen molar-refractivity contribution in [2.75, 3.05) is 5.32 Å². The van der Waals surface area contributed by atoms with Gasteiger partial charge < -0.3 is 5.32 Å². The van der Waals surface area contributed by atoms with E-state index in [9.17, 15) is 9.59 Å². The minimum atomic E-state index is -0.0895. The van der Waals surface area contributed by atoms with Crippen LogP contribution in [0.3, 0.4) is 0 Å². The molecule has 2 aromatic carbocycles. The molecule has 1 N–H and O–H groups in total. The Labute approximate surface area is 118 Å². The van der Waals surface area contributed by atoms with E-state index in [0.29, 0.717) is 6.42 Å². The maximum Gasteiger partial charge on any atom is 0.221 e. The molecule has 3 heteroatoms. The van der Waals surface area contributed by atoms with Crippen LogP contribution in [0.15, 0.2) is 48.5 Å². The number of nitrogens with one attached hydrogen (secondary N) is 1. The van der Waals surface area contributed by atoms with Crippen LogP contribution in [0.5, 0.6) is 0 Å². The molecule has 0 spiro atoms. The van der Waals surface area contributed by atoms with Gasteiger partial charge in [0, 0.05) is 24.6 Å². The van der Waals surface area contributed by atoms with Gasteiger partial charge in [0.25, 0.3) is 0 Å². The Morgan fingerprint density at radius 3 is 2.30 bits per heavy atom. The van der Waals surface area contributed by atoms with Gasteiger partial charge in [0.05, 0.1) is 0 Å². The second-order valence-corrected chi connectivity index (χ2v) is 4.62. The zero-order valence-corrected chi connectivity index (χ0v) is 11.6. The van der Waals surface area contributed by atoms with Gasteiger partial charge in [-0.05, 0) is 29.3 Å². The van der Waals surface area contributed by atoms with Crippen LogP contribution in [-0.2, 0) is 4.79 Å². The summed E-state index contributed by atoms with van der Waals surface area (Å²) >= 11 is 0. The number of carbonyl (C=O) groups excluding carboxylic acids is 2. The van der Waals surface area contributed by atoms with Crippen molar-refractivity contribution in [3.05, 3.63) is 54.1 Å². The third-order valence-electron chi connectivity index (χ3n) is 3.04. The number of ketones is 1. The number of benzene rings is 2. The molecule has 1 amide bonds. The average molecular weight is 267 g/mol. The highest BCUT2D eigenvalue weighted by Gasteiger charge is 2.05. The van der Waals surface area contributed by atoms with E-state index in [2.05, 4.69) is 5.32 Å². The van der Waals surface area contributed by atoms with Crippen molar-refractivity contribution in [3.8, 4) is 11.1 Å². The van der Waals surface area contributed by atoms with E-state index < -0.39 is 0 Å². The van der Waals surface area contributed by atoms with Gasteiger partial charge in [-0.15, -0.1) is 0 Å². The smallest absolute Gasteiger partial charge is 0.221 e. The van der Waals surface area contributed by atoms with E-state index in [1.54, 1.807) is 0 Å². The Kier molecular flexibility index (Phi) is 4.31. The van der Waals surface area contributed by atoms with E-state index in [4.69, 9.17) is 0 Å². The van der Waals surface area contributed by atoms with Crippen LogP contribution < -0.4 is 5.32 Å². The lowest BCUT2D eigenvalue weighted by atomic mass is 10.0. The van der Waals surface area contributed by atoms with Crippen LogP contribution in [-0.4, -0.2) is 11.7 Å². The van der Waals surface area contributed by atoms with Crippen molar-refractivity contribution in [1.29, 1.82) is 0 Å². The van der Waals surface area contributed by atoms with Crippen molar-refractivity contribution >= 4 is 17.4 Å². The predicted molar refractivity (Wildman–Crippen MR) is 80.8 cm³/mol. The summed E-state index contributed by atoms with van der Waals surface area (Å²) in [6.45, 7) is 3.34. The molecule has 0 saturated carbocycles. The molecule has 102 valence electrons. The first-order chi connectivity index (χ1) is 9.60. The third kappa shape index (κ3) is 3.32. The molecule has 0 heterocycles. The summed E-state index contributed by atoms with van der Waals surface area (Å²) in [7, 11) is 0. The van der Waals surface area contributed by atoms with Gasteiger partial charge in [0.15, 0.2) is 5.78 Å². The van der Waals surface area contributed by atoms with E-state index in [1.807, 2.05) is 55.5 Å².